The molecular weight excluding hydrogens is 316 g/mol. The van der Waals surface area contributed by atoms with Crippen LogP contribution in [0.1, 0.15) is 15.9 Å². The van der Waals surface area contributed by atoms with E-state index in [1.807, 2.05) is 18.2 Å². The molecule has 0 saturated carbocycles. The van der Waals surface area contributed by atoms with Crippen LogP contribution in [0, 0.1) is 0 Å². The predicted molar refractivity (Wildman–Crippen MR) is 87.8 cm³/mol. The fraction of sp³-hybridized carbons (Fsp3) is 0.294. The van der Waals surface area contributed by atoms with E-state index in [1.54, 1.807) is 24.4 Å². The van der Waals surface area contributed by atoms with Gasteiger partial charge < -0.3 is 14.4 Å². The maximum Gasteiger partial charge on any atom is 0.340 e. The number of hydrogen-bond donors (Lipinski definition) is 0. The van der Waals surface area contributed by atoms with Gasteiger partial charge in [0.05, 0.1) is 18.8 Å². The summed E-state index contributed by atoms with van der Waals surface area (Å²) in [5.41, 5.74) is 1.28. The Morgan fingerprint density at radius 2 is 2.09 bits per heavy atom. The van der Waals surface area contributed by atoms with Crippen LogP contribution >= 0.6 is 11.6 Å². The molecule has 6 heteroatoms. The van der Waals surface area contributed by atoms with Crippen molar-refractivity contribution < 1.29 is 14.3 Å². The first kappa shape index (κ1) is 15.8. The van der Waals surface area contributed by atoms with E-state index in [-0.39, 0.29) is 6.61 Å². The molecule has 0 bridgehead atoms. The number of aromatic nitrogens is 1. The molecule has 1 aliphatic heterocycles. The second kappa shape index (κ2) is 7.44. The van der Waals surface area contributed by atoms with Crippen LogP contribution in [0.3, 0.4) is 0 Å². The maximum absolute atomic E-state index is 12.1. The molecule has 0 spiro atoms. The van der Waals surface area contributed by atoms with Gasteiger partial charge in [0.25, 0.3) is 0 Å². The largest absolute Gasteiger partial charge is 0.457 e. The number of pyridine rings is 1. The number of carbonyl (C=O) groups excluding carboxylic acids is 1. The van der Waals surface area contributed by atoms with E-state index < -0.39 is 5.97 Å². The summed E-state index contributed by atoms with van der Waals surface area (Å²) >= 11 is 5.90. The third kappa shape index (κ3) is 4.21. The maximum atomic E-state index is 12.1. The van der Waals surface area contributed by atoms with Crippen molar-refractivity contribution in [1.29, 1.82) is 0 Å². The summed E-state index contributed by atoms with van der Waals surface area (Å²) < 4.78 is 10.6. The first-order chi connectivity index (χ1) is 11.2. The lowest BCUT2D eigenvalue weighted by Crippen LogP contribution is -2.36. The SMILES string of the molecule is O=C(OCc1cccc(Cl)c1)c1ccc(N2CCOCC2)nc1. The molecule has 0 radical (unpaired) electrons. The minimum absolute atomic E-state index is 0.185. The van der Waals surface area contributed by atoms with Crippen LogP contribution in [0.15, 0.2) is 42.6 Å². The second-order valence-electron chi connectivity index (χ2n) is 5.21. The van der Waals surface area contributed by atoms with Crippen LogP contribution in [0.2, 0.25) is 5.02 Å². The lowest BCUT2D eigenvalue weighted by molar-refractivity contribution is 0.0472. The van der Waals surface area contributed by atoms with Gasteiger partial charge in [0.1, 0.15) is 12.4 Å². The number of rotatable bonds is 4. The Hall–Kier alpha value is -2.11. The molecule has 0 amide bonds. The van der Waals surface area contributed by atoms with E-state index in [0.29, 0.717) is 23.8 Å². The fourth-order valence-electron chi connectivity index (χ4n) is 2.35. The zero-order chi connectivity index (χ0) is 16.1. The summed E-state index contributed by atoms with van der Waals surface area (Å²) in [5.74, 6) is 0.450. The van der Waals surface area contributed by atoms with E-state index in [0.717, 1.165) is 24.5 Å². The van der Waals surface area contributed by atoms with Gasteiger partial charge >= 0.3 is 5.97 Å². The van der Waals surface area contributed by atoms with Crippen molar-refractivity contribution in [3.8, 4) is 0 Å². The predicted octanol–water partition coefficient (Wildman–Crippen LogP) is 2.93. The topological polar surface area (TPSA) is 51.7 Å². The molecule has 2 heterocycles. The molecule has 0 unspecified atom stereocenters. The Labute approximate surface area is 139 Å². The molecule has 3 rings (SSSR count). The summed E-state index contributed by atoms with van der Waals surface area (Å²) in [7, 11) is 0. The van der Waals surface area contributed by atoms with Gasteiger partial charge in [0.15, 0.2) is 0 Å². The Bertz CT molecular complexity index is 670. The Morgan fingerprint density at radius 3 is 2.78 bits per heavy atom. The number of morpholine rings is 1. The zero-order valence-corrected chi connectivity index (χ0v) is 13.3. The number of esters is 1. The summed E-state index contributed by atoms with van der Waals surface area (Å²) in [6.07, 6.45) is 1.55. The van der Waals surface area contributed by atoms with Gasteiger partial charge in [0.2, 0.25) is 0 Å². The molecule has 1 aromatic heterocycles. The number of carbonyl (C=O) groups is 1. The van der Waals surface area contributed by atoms with Crippen LogP contribution in [-0.4, -0.2) is 37.3 Å². The fourth-order valence-corrected chi connectivity index (χ4v) is 2.56. The average Bonchev–Trinajstić information content (AvgIpc) is 2.61. The number of hydrogen-bond acceptors (Lipinski definition) is 5. The number of nitrogens with zero attached hydrogens (tertiary/aromatic N) is 2. The van der Waals surface area contributed by atoms with Crippen molar-refractivity contribution in [2.45, 2.75) is 6.61 Å². The summed E-state index contributed by atoms with van der Waals surface area (Å²) in [6.45, 7) is 3.21. The first-order valence-corrected chi connectivity index (χ1v) is 7.80. The molecule has 120 valence electrons. The van der Waals surface area contributed by atoms with Crippen LogP contribution in [-0.2, 0) is 16.1 Å². The van der Waals surface area contributed by atoms with E-state index >= 15 is 0 Å². The Kier molecular flexibility index (Phi) is 5.10. The van der Waals surface area contributed by atoms with Gasteiger partial charge in [-0.25, -0.2) is 9.78 Å². The third-order valence-corrected chi connectivity index (χ3v) is 3.81. The molecule has 5 nitrogen and oxygen atoms in total. The summed E-state index contributed by atoms with van der Waals surface area (Å²) in [4.78, 5) is 18.5. The van der Waals surface area contributed by atoms with Gasteiger partial charge in [-0.2, -0.15) is 0 Å². The Balaban J connectivity index is 1.59. The van der Waals surface area contributed by atoms with Gasteiger partial charge in [-0.05, 0) is 29.8 Å². The molecule has 0 aliphatic carbocycles. The average molecular weight is 333 g/mol. The van der Waals surface area contributed by atoms with E-state index in [4.69, 9.17) is 21.1 Å². The number of ether oxygens (including phenoxy) is 2. The molecule has 0 atom stereocenters. The first-order valence-electron chi connectivity index (χ1n) is 7.43. The number of benzene rings is 1. The molecule has 1 aromatic carbocycles. The molecule has 23 heavy (non-hydrogen) atoms. The minimum atomic E-state index is -0.397. The minimum Gasteiger partial charge on any atom is -0.457 e. The van der Waals surface area contributed by atoms with Crippen molar-refractivity contribution in [2.24, 2.45) is 0 Å². The number of halogens is 1. The van der Waals surface area contributed by atoms with E-state index in [1.165, 1.54) is 0 Å². The van der Waals surface area contributed by atoms with Gasteiger partial charge in [-0.3, -0.25) is 0 Å². The number of anilines is 1. The van der Waals surface area contributed by atoms with Crippen molar-refractivity contribution >= 4 is 23.4 Å². The smallest absolute Gasteiger partial charge is 0.340 e. The molecule has 1 saturated heterocycles. The highest BCUT2D eigenvalue weighted by molar-refractivity contribution is 6.30. The summed E-state index contributed by atoms with van der Waals surface area (Å²) in [6, 6.07) is 10.8. The Morgan fingerprint density at radius 1 is 1.26 bits per heavy atom. The second-order valence-corrected chi connectivity index (χ2v) is 5.65. The lowest BCUT2D eigenvalue weighted by atomic mass is 10.2. The molecule has 1 fully saturated rings. The highest BCUT2D eigenvalue weighted by Gasteiger charge is 2.14. The van der Waals surface area contributed by atoms with Gasteiger partial charge in [0, 0.05) is 24.3 Å². The lowest BCUT2D eigenvalue weighted by Gasteiger charge is -2.27. The highest BCUT2D eigenvalue weighted by atomic mass is 35.5. The van der Waals surface area contributed by atoms with E-state index in [9.17, 15) is 4.79 Å². The molecule has 2 aromatic rings. The molecular formula is C17H17ClN2O3. The van der Waals surface area contributed by atoms with Crippen LogP contribution in [0.5, 0.6) is 0 Å². The van der Waals surface area contributed by atoms with Gasteiger partial charge in [-0.15, -0.1) is 0 Å². The standard InChI is InChI=1S/C17H17ClN2O3/c18-15-3-1-2-13(10-15)12-23-17(21)14-4-5-16(19-11-14)20-6-8-22-9-7-20/h1-5,10-11H,6-9,12H2. The van der Waals surface area contributed by atoms with Gasteiger partial charge in [-0.1, -0.05) is 23.7 Å². The van der Waals surface area contributed by atoms with Crippen LogP contribution in [0.4, 0.5) is 5.82 Å². The van der Waals surface area contributed by atoms with E-state index in [2.05, 4.69) is 9.88 Å². The third-order valence-electron chi connectivity index (χ3n) is 3.58. The van der Waals surface area contributed by atoms with Crippen molar-refractivity contribution in [1.82, 2.24) is 4.98 Å². The van der Waals surface area contributed by atoms with Crippen molar-refractivity contribution in [3.63, 3.8) is 0 Å². The highest BCUT2D eigenvalue weighted by Crippen LogP contribution is 2.15. The van der Waals surface area contributed by atoms with Crippen LogP contribution < -0.4 is 4.90 Å². The quantitative estimate of drug-likeness (QED) is 0.806. The normalized spacial score (nSPS) is 14.6. The molecule has 1 aliphatic rings. The molecule has 0 N–H and O–H groups in total. The summed E-state index contributed by atoms with van der Waals surface area (Å²) in [5, 5.41) is 0.620. The van der Waals surface area contributed by atoms with Crippen molar-refractivity contribution in [2.75, 3.05) is 31.2 Å². The zero-order valence-electron chi connectivity index (χ0n) is 12.6. The van der Waals surface area contributed by atoms with Crippen LogP contribution in [0.25, 0.3) is 0 Å². The monoisotopic (exact) mass is 332 g/mol. The van der Waals surface area contributed by atoms with Crippen molar-refractivity contribution in [3.05, 3.63) is 58.7 Å².